The van der Waals surface area contributed by atoms with Crippen LogP contribution in [-0.2, 0) is 41.6 Å². The lowest BCUT2D eigenvalue weighted by Crippen LogP contribution is -2.50. The fraction of sp³-hybridized carbons (Fsp3) is 0.714. The first kappa shape index (κ1) is 23.6. The van der Waals surface area contributed by atoms with E-state index in [1.165, 1.54) is 0 Å². The Hall–Kier alpha value is -1.53. The summed E-state index contributed by atoms with van der Waals surface area (Å²) < 4.78 is 48.6. The SMILES string of the molecule is C[C@H]1C[C@@]2(CCN1Cc1cn(C(C)(C)CO)nn1)OCCc1c2sc(C(F)(F)F)c1CO. The van der Waals surface area contributed by atoms with Crippen molar-refractivity contribution in [3.8, 4) is 0 Å². The molecule has 4 rings (SSSR count). The summed E-state index contributed by atoms with van der Waals surface area (Å²) in [6.07, 6.45) is -1.13. The minimum absolute atomic E-state index is 0.0124. The number of alkyl halides is 3. The molecule has 0 aliphatic carbocycles. The normalized spacial score (nSPS) is 24.8. The van der Waals surface area contributed by atoms with Gasteiger partial charge in [-0.25, -0.2) is 4.68 Å². The molecule has 2 aliphatic heterocycles. The Bertz CT molecular complexity index is 974. The molecular weight excluding hydrogens is 445 g/mol. The summed E-state index contributed by atoms with van der Waals surface area (Å²) in [4.78, 5) is 2.16. The molecule has 1 saturated heterocycles. The number of aliphatic hydroxyl groups is 2. The summed E-state index contributed by atoms with van der Waals surface area (Å²) in [6, 6.07) is 0.0553. The van der Waals surface area contributed by atoms with Gasteiger partial charge in [-0.05, 0) is 45.6 Å². The number of ether oxygens (including phenoxy) is 1. The number of nitrogens with zero attached hydrogens (tertiary/aromatic N) is 4. The van der Waals surface area contributed by atoms with Crippen LogP contribution >= 0.6 is 11.3 Å². The lowest BCUT2D eigenvalue weighted by molar-refractivity contribution is -0.135. The van der Waals surface area contributed by atoms with E-state index in [1.54, 1.807) is 4.68 Å². The minimum atomic E-state index is -4.48. The van der Waals surface area contributed by atoms with E-state index in [-0.39, 0.29) is 18.2 Å². The maximum atomic E-state index is 13.6. The summed E-state index contributed by atoms with van der Waals surface area (Å²) in [5, 5.41) is 27.6. The molecule has 0 amide bonds. The summed E-state index contributed by atoms with van der Waals surface area (Å²) in [5.74, 6) is 0. The van der Waals surface area contributed by atoms with Gasteiger partial charge in [0.2, 0.25) is 0 Å². The van der Waals surface area contributed by atoms with E-state index >= 15 is 0 Å². The van der Waals surface area contributed by atoms with Crippen LogP contribution in [0.3, 0.4) is 0 Å². The van der Waals surface area contributed by atoms with Crippen molar-refractivity contribution in [1.82, 2.24) is 19.9 Å². The lowest BCUT2D eigenvalue weighted by Gasteiger charge is -2.47. The summed E-state index contributed by atoms with van der Waals surface area (Å²) in [5.41, 5.74) is 0.106. The second kappa shape index (κ2) is 8.35. The second-order valence-corrected chi connectivity index (χ2v) is 10.4. The average Bonchev–Trinajstić information content (AvgIpc) is 3.36. The van der Waals surface area contributed by atoms with Crippen molar-refractivity contribution in [2.75, 3.05) is 19.8 Å². The van der Waals surface area contributed by atoms with Gasteiger partial charge in [-0.3, -0.25) is 4.90 Å². The molecule has 2 aromatic heterocycles. The van der Waals surface area contributed by atoms with Crippen LogP contribution in [0.4, 0.5) is 13.2 Å². The zero-order valence-electron chi connectivity index (χ0n) is 18.4. The third-order valence-corrected chi connectivity index (χ3v) is 8.15. The molecule has 2 aliphatic rings. The molecule has 7 nitrogen and oxygen atoms in total. The van der Waals surface area contributed by atoms with Gasteiger partial charge in [0.15, 0.2) is 0 Å². The molecule has 0 saturated carbocycles. The van der Waals surface area contributed by atoms with E-state index in [9.17, 15) is 23.4 Å². The van der Waals surface area contributed by atoms with Gasteiger partial charge in [-0.2, -0.15) is 13.2 Å². The summed E-state index contributed by atoms with van der Waals surface area (Å²) >= 11 is 0.737. The van der Waals surface area contributed by atoms with Crippen molar-refractivity contribution in [1.29, 1.82) is 0 Å². The van der Waals surface area contributed by atoms with Crippen molar-refractivity contribution in [2.45, 2.75) is 76.5 Å². The molecule has 11 heteroatoms. The quantitative estimate of drug-likeness (QED) is 0.693. The van der Waals surface area contributed by atoms with Crippen molar-refractivity contribution in [2.24, 2.45) is 0 Å². The van der Waals surface area contributed by atoms with Crippen LogP contribution in [0.25, 0.3) is 0 Å². The number of likely N-dealkylation sites (tertiary alicyclic amines) is 1. The van der Waals surface area contributed by atoms with E-state index in [0.717, 1.165) is 17.0 Å². The van der Waals surface area contributed by atoms with Crippen LogP contribution < -0.4 is 0 Å². The maximum Gasteiger partial charge on any atom is 0.425 e. The molecule has 4 heterocycles. The topological polar surface area (TPSA) is 83.6 Å². The number of piperidine rings is 1. The Morgan fingerprint density at radius 3 is 2.69 bits per heavy atom. The van der Waals surface area contributed by atoms with E-state index < -0.39 is 28.8 Å². The van der Waals surface area contributed by atoms with Gasteiger partial charge in [-0.1, -0.05) is 5.21 Å². The summed E-state index contributed by atoms with van der Waals surface area (Å²) in [7, 11) is 0. The number of hydrogen-bond donors (Lipinski definition) is 2. The fourth-order valence-corrected chi connectivity index (χ4v) is 6.12. The number of hydrogen-bond acceptors (Lipinski definition) is 7. The first-order valence-corrected chi connectivity index (χ1v) is 11.6. The minimum Gasteiger partial charge on any atom is -0.394 e. The third kappa shape index (κ3) is 4.09. The smallest absolute Gasteiger partial charge is 0.394 e. The van der Waals surface area contributed by atoms with Crippen LogP contribution in [0.5, 0.6) is 0 Å². The lowest BCUT2D eigenvalue weighted by atomic mass is 9.81. The maximum absolute atomic E-state index is 13.6. The molecular formula is C21H29F3N4O3S. The third-order valence-electron chi connectivity index (χ3n) is 6.64. The van der Waals surface area contributed by atoms with Gasteiger partial charge in [0, 0.05) is 29.6 Å². The standard InChI is InChI=1S/C21H29F3N4O3S/c1-13-8-20(5-6-27(13)9-14-10-28(26-25-14)19(2,3)12-30)17-15(4-7-31-20)16(11-29)18(32-17)21(22,23)24/h10,13,29-30H,4-9,11-12H2,1-3H3/t13-,20+/m0/s1. The Morgan fingerprint density at radius 2 is 2.06 bits per heavy atom. The van der Waals surface area contributed by atoms with Gasteiger partial charge in [0.05, 0.1) is 37.3 Å². The number of aliphatic hydroxyl groups excluding tert-OH is 2. The molecule has 32 heavy (non-hydrogen) atoms. The molecule has 0 bridgehead atoms. The highest BCUT2D eigenvalue weighted by Gasteiger charge is 2.48. The second-order valence-electron chi connectivity index (χ2n) is 9.36. The van der Waals surface area contributed by atoms with Crippen molar-refractivity contribution in [3.63, 3.8) is 0 Å². The van der Waals surface area contributed by atoms with Crippen LogP contribution in [0, 0.1) is 0 Å². The highest BCUT2D eigenvalue weighted by Crippen LogP contribution is 2.51. The Balaban J connectivity index is 1.55. The van der Waals surface area contributed by atoms with Crippen LogP contribution in [0.2, 0.25) is 0 Å². The highest BCUT2D eigenvalue weighted by atomic mass is 32.1. The fourth-order valence-electron chi connectivity index (χ4n) is 4.71. The van der Waals surface area contributed by atoms with Gasteiger partial charge >= 0.3 is 6.18 Å². The largest absolute Gasteiger partial charge is 0.425 e. The van der Waals surface area contributed by atoms with Crippen LogP contribution in [0.1, 0.15) is 60.2 Å². The molecule has 2 N–H and O–H groups in total. The molecule has 1 fully saturated rings. The Labute approximate surface area is 188 Å². The van der Waals surface area contributed by atoms with Crippen LogP contribution in [0.15, 0.2) is 6.20 Å². The monoisotopic (exact) mass is 474 g/mol. The molecule has 2 atom stereocenters. The Morgan fingerprint density at radius 1 is 1.31 bits per heavy atom. The Kier molecular flexibility index (Phi) is 6.17. The number of fused-ring (bicyclic) bond motifs is 2. The van der Waals surface area contributed by atoms with Crippen molar-refractivity contribution >= 4 is 11.3 Å². The number of aromatic nitrogens is 3. The molecule has 0 aromatic carbocycles. The number of rotatable bonds is 5. The molecule has 178 valence electrons. The van der Waals surface area contributed by atoms with E-state index in [4.69, 9.17) is 4.74 Å². The van der Waals surface area contributed by atoms with Gasteiger partial charge in [-0.15, -0.1) is 16.4 Å². The predicted molar refractivity (Wildman–Crippen MR) is 112 cm³/mol. The summed E-state index contributed by atoms with van der Waals surface area (Å²) in [6.45, 7) is 6.67. The van der Waals surface area contributed by atoms with E-state index in [0.29, 0.717) is 49.4 Å². The molecule has 0 radical (unpaired) electrons. The van der Waals surface area contributed by atoms with Gasteiger partial charge in [0.1, 0.15) is 10.5 Å². The van der Waals surface area contributed by atoms with Gasteiger partial charge < -0.3 is 14.9 Å². The average molecular weight is 475 g/mol. The zero-order chi connectivity index (χ0) is 23.3. The first-order valence-electron chi connectivity index (χ1n) is 10.7. The van der Waals surface area contributed by atoms with E-state index in [1.807, 2.05) is 27.0 Å². The molecule has 2 aromatic rings. The van der Waals surface area contributed by atoms with Crippen LogP contribution in [-0.4, -0.2) is 55.9 Å². The molecule has 0 unspecified atom stereocenters. The molecule has 1 spiro atoms. The van der Waals surface area contributed by atoms with E-state index in [2.05, 4.69) is 15.2 Å². The highest BCUT2D eigenvalue weighted by molar-refractivity contribution is 7.12. The van der Waals surface area contributed by atoms with Crippen molar-refractivity contribution in [3.05, 3.63) is 32.8 Å². The van der Waals surface area contributed by atoms with Crippen molar-refractivity contribution < 1.29 is 28.1 Å². The number of halogens is 3. The van der Waals surface area contributed by atoms with Gasteiger partial charge in [0.25, 0.3) is 0 Å². The zero-order valence-corrected chi connectivity index (χ0v) is 19.3. The predicted octanol–water partition coefficient (Wildman–Crippen LogP) is 3.03. The first-order chi connectivity index (χ1) is 15.0. The number of thiophene rings is 1.